The molecule has 3 rings (SSSR count). The van der Waals surface area contributed by atoms with Crippen molar-refractivity contribution in [3.05, 3.63) is 68.1 Å². The number of hydrogen-bond donors (Lipinski definition) is 0. The molecule has 0 saturated carbocycles. The number of thioether (sulfide) groups is 1. The van der Waals surface area contributed by atoms with Crippen LogP contribution in [0.3, 0.4) is 0 Å². The zero-order chi connectivity index (χ0) is 18.5. The molecule has 0 aliphatic rings. The van der Waals surface area contributed by atoms with E-state index in [0.717, 1.165) is 10.0 Å². The summed E-state index contributed by atoms with van der Waals surface area (Å²) >= 11 is 20.2. The molecule has 0 bridgehead atoms. The lowest BCUT2D eigenvalue weighted by Crippen LogP contribution is -2.07. The van der Waals surface area contributed by atoms with Crippen LogP contribution in [0.5, 0.6) is 0 Å². The number of rotatable bonds is 6. The van der Waals surface area contributed by atoms with Gasteiger partial charge in [0, 0.05) is 5.75 Å². The van der Waals surface area contributed by atoms with E-state index in [4.69, 9.17) is 40.2 Å². The molecule has 1 heterocycles. The van der Waals surface area contributed by atoms with Crippen molar-refractivity contribution in [3.8, 4) is 5.69 Å². The molecule has 4 nitrogen and oxygen atoms in total. The molecule has 0 amide bonds. The maximum Gasteiger partial charge on any atom is 0.338 e. The van der Waals surface area contributed by atoms with Gasteiger partial charge in [-0.1, -0.05) is 64.5 Å². The fourth-order valence-corrected chi connectivity index (χ4v) is 4.56. The van der Waals surface area contributed by atoms with Gasteiger partial charge < -0.3 is 4.74 Å². The Kier molecular flexibility index (Phi) is 6.72. The number of carbonyl (C=O) groups is 1. The summed E-state index contributed by atoms with van der Waals surface area (Å²) in [5.41, 5.74) is 1.29. The molecule has 0 spiro atoms. The Hall–Kier alpha value is -1.38. The van der Waals surface area contributed by atoms with Crippen LogP contribution < -0.4 is 0 Å². The lowest BCUT2D eigenvalue weighted by molar-refractivity contribution is 0.0530. The zero-order valence-corrected chi connectivity index (χ0v) is 17.2. The minimum atomic E-state index is -0.333. The molecular weight excluding hydrogens is 431 g/mol. The van der Waals surface area contributed by atoms with Crippen LogP contribution in [0.25, 0.3) is 5.69 Å². The van der Waals surface area contributed by atoms with E-state index < -0.39 is 0 Å². The summed E-state index contributed by atoms with van der Waals surface area (Å²) in [6, 6.07) is 14.1. The lowest BCUT2D eigenvalue weighted by Gasteiger charge is -2.04. The summed E-state index contributed by atoms with van der Waals surface area (Å²) in [6.45, 7) is 0.289. The van der Waals surface area contributed by atoms with Crippen LogP contribution in [-0.2, 0) is 4.74 Å². The molecule has 0 aliphatic carbocycles. The van der Waals surface area contributed by atoms with Crippen molar-refractivity contribution < 1.29 is 9.53 Å². The first-order chi connectivity index (χ1) is 12.5. The quantitative estimate of drug-likeness (QED) is 0.205. The third-order valence-corrected chi connectivity index (χ3v) is 6.30. The number of ether oxygens (including phenoxy) is 1. The van der Waals surface area contributed by atoms with Crippen molar-refractivity contribution in [1.29, 1.82) is 0 Å². The molecule has 0 unspecified atom stereocenters. The van der Waals surface area contributed by atoms with Crippen LogP contribution in [0, 0.1) is 3.95 Å². The molecule has 2 aromatic carbocycles. The standard InChI is InChI=1S/C17H12Cl2N2O2S3/c18-13-7-6-12(10-14(13)19)21-17(24)26-16(20-21)25-9-8-23-15(22)11-4-2-1-3-5-11/h1-7,10H,8-9H2. The maximum absolute atomic E-state index is 11.9. The number of carbonyl (C=O) groups excluding carboxylic acids is 1. The van der Waals surface area contributed by atoms with E-state index in [2.05, 4.69) is 5.10 Å². The molecule has 9 heteroatoms. The van der Waals surface area contributed by atoms with Gasteiger partial charge in [0.05, 0.1) is 21.3 Å². The third kappa shape index (κ3) is 4.86. The highest BCUT2D eigenvalue weighted by atomic mass is 35.5. The van der Waals surface area contributed by atoms with Crippen LogP contribution >= 0.6 is 58.5 Å². The highest BCUT2D eigenvalue weighted by molar-refractivity contribution is 8.01. The van der Waals surface area contributed by atoms with Gasteiger partial charge in [-0.25, -0.2) is 9.48 Å². The summed E-state index contributed by atoms with van der Waals surface area (Å²) in [5, 5.41) is 5.40. The minimum Gasteiger partial charge on any atom is -0.461 e. The first-order valence-electron chi connectivity index (χ1n) is 7.45. The number of aromatic nitrogens is 2. The summed E-state index contributed by atoms with van der Waals surface area (Å²) in [4.78, 5) is 11.9. The molecule has 0 fully saturated rings. The summed E-state index contributed by atoms with van der Waals surface area (Å²) in [7, 11) is 0. The second kappa shape index (κ2) is 9.01. The average molecular weight is 443 g/mol. The number of benzene rings is 2. The molecule has 134 valence electrons. The molecular formula is C17H12Cl2N2O2S3. The van der Waals surface area contributed by atoms with E-state index >= 15 is 0 Å². The second-order valence-electron chi connectivity index (χ2n) is 4.99. The summed E-state index contributed by atoms with van der Waals surface area (Å²) in [5.74, 6) is 0.252. The largest absolute Gasteiger partial charge is 0.461 e. The molecule has 0 aliphatic heterocycles. The molecule has 1 aromatic heterocycles. The van der Waals surface area contributed by atoms with Crippen molar-refractivity contribution in [3.63, 3.8) is 0 Å². The summed E-state index contributed by atoms with van der Waals surface area (Å²) in [6.07, 6.45) is 0. The topological polar surface area (TPSA) is 44.1 Å². The Morgan fingerprint density at radius 1 is 1.19 bits per heavy atom. The van der Waals surface area contributed by atoms with E-state index in [1.807, 2.05) is 6.07 Å². The van der Waals surface area contributed by atoms with Gasteiger partial charge in [0.2, 0.25) is 0 Å². The van der Waals surface area contributed by atoms with Gasteiger partial charge in [0.15, 0.2) is 8.29 Å². The van der Waals surface area contributed by atoms with Gasteiger partial charge in [0.1, 0.15) is 6.61 Å². The predicted octanol–water partition coefficient (Wildman–Crippen LogP) is 5.92. The van der Waals surface area contributed by atoms with Gasteiger partial charge in [-0.3, -0.25) is 0 Å². The zero-order valence-electron chi connectivity index (χ0n) is 13.2. The smallest absolute Gasteiger partial charge is 0.338 e. The van der Waals surface area contributed by atoms with E-state index in [0.29, 0.717) is 25.3 Å². The fourth-order valence-electron chi connectivity index (χ4n) is 2.02. The van der Waals surface area contributed by atoms with E-state index in [1.54, 1.807) is 47.1 Å². The van der Waals surface area contributed by atoms with E-state index in [1.165, 1.54) is 23.1 Å². The Balaban J connectivity index is 1.57. The molecule has 0 radical (unpaired) electrons. The fraction of sp³-hybridized carbons (Fsp3) is 0.118. The Morgan fingerprint density at radius 2 is 1.96 bits per heavy atom. The van der Waals surface area contributed by atoms with Gasteiger partial charge in [0.25, 0.3) is 0 Å². The van der Waals surface area contributed by atoms with E-state index in [-0.39, 0.29) is 12.6 Å². The highest BCUT2D eigenvalue weighted by Gasteiger charge is 2.10. The molecule has 3 aromatic rings. The van der Waals surface area contributed by atoms with Crippen LogP contribution in [0.4, 0.5) is 0 Å². The monoisotopic (exact) mass is 442 g/mol. The van der Waals surface area contributed by atoms with Crippen LogP contribution in [0.1, 0.15) is 10.4 Å². The molecule has 26 heavy (non-hydrogen) atoms. The van der Waals surface area contributed by atoms with E-state index in [9.17, 15) is 4.79 Å². The lowest BCUT2D eigenvalue weighted by atomic mass is 10.2. The molecule has 0 atom stereocenters. The third-order valence-electron chi connectivity index (χ3n) is 3.23. The van der Waals surface area contributed by atoms with Gasteiger partial charge in [-0.15, -0.1) is 5.10 Å². The van der Waals surface area contributed by atoms with Gasteiger partial charge in [-0.2, -0.15) is 0 Å². The Bertz CT molecular complexity index is 974. The second-order valence-corrected chi connectivity index (χ2v) is 8.77. The Labute approximate surface area is 173 Å². The van der Waals surface area contributed by atoms with Crippen molar-refractivity contribution in [1.82, 2.24) is 9.78 Å². The Morgan fingerprint density at radius 3 is 2.69 bits per heavy atom. The van der Waals surface area contributed by atoms with Crippen molar-refractivity contribution >= 4 is 64.5 Å². The van der Waals surface area contributed by atoms with Crippen LogP contribution in [0.2, 0.25) is 10.0 Å². The number of nitrogens with zero attached hydrogens (tertiary/aromatic N) is 2. The predicted molar refractivity (Wildman–Crippen MR) is 110 cm³/mol. The molecule has 0 N–H and O–H groups in total. The van der Waals surface area contributed by atoms with Crippen molar-refractivity contribution in [2.75, 3.05) is 12.4 Å². The average Bonchev–Trinajstić information content (AvgIpc) is 3.02. The highest BCUT2D eigenvalue weighted by Crippen LogP contribution is 2.27. The van der Waals surface area contributed by atoms with Crippen molar-refractivity contribution in [2.24, 2.45) is 0 Å². The number of hydrogen-bond acceptors (Lipinski definition) is 6. The minimum absolute atomic E-state index is 0.289. The first-order valence-corrected chi connectivity index (χ1v) is 10.4. The molecule has 0 saturated heterocycles. The van der Waals surface area contributed by atoms with Crippen LogP contribution in [-0.4, -0.2) is 28.1 Å². The SMILES string of the molecule is O=C(OCCSc1nn(-c2ccc(Cl)c(Cl)c2)c(=S)s1)c1ccccc1. The van der Waals surface area contributed by atoms with Crippen LogP contribution in [0.15, 0.2) is 52.9 Å². The van der Waals surface area contributed by atoms with Gasteiger partial charge in [-0.05, 0) is 42.5 Å². The maximum atomic E-state index is 11.9. The normalized spacial score (nSPS) is 10.7. The summed E-state index contributed by atoms with van der Waals surface area (Å²) < 4.78 is 8.28. The number of halogens is 2. The van der Waals surface area contributed by atoms with Crippen molar-refractivity contribution in [2.45, 2.75) is 4.34 Å². The number of esters is 1. The first kappa shape index (κ1) is 19.4. The van der Waals surface area contributed by atoms with Gasteiger partial charge >= 0.3 is 5.97 Å².